The van der Waals surface area contributed by atoms with E-state index in [1.165, 1.54) is 6.07 Å². The molecule has 0 fully saturated rings. The summed E-state index contributed by atoms with van der Waals surface area (Å²) >= 11 is 0. The molecule has 8 aromatic rings. The molecule has 0 spiro atoms. The van der Waals surface area contributed by atoms with Crippen molar-refractivity contribution < 1.29 is 59.8 Å². The number of aromatic hydroxyl groups is 8. The van der Waals surface area contributed by atoms with Crippen LogP contribution in [0.3, 0.4) is 0 Å². The molecular weight excluding hydrogens is 865 g/mol. The Hall–Kier alpha value is -8.64. The fourth-order valence-electron chi connectivity index (χ4n) is 11.6. The molecule has 0 amide bonds. The molecule has 8 atom stereocenters. The highest BCUT2D eigenvalue weighted by molar-refractivity contribution is 5.73. The van der Waals surface area contributed by atoms with Crippen molar-refractivity contribution in [3.8, 4) is 69.0 Å². The normalized spacial score (nSPS) is 23.1. The molecule has 0 bridgehead atoms. The first-order valence-corrected chi connectivity index (χ1v) is 22.2. The van der Waals surface area contributed by atoms with Crippen LogP contribution >= 0.6 is 0 Å². The van der Waals surface area contributed by atoms with E-state index in [0.29, 0.717) is 56.4 Å². The molecular formula is C56H40O12. The summed E-state index contributed by atoms with van der Waals surface area (Å²) in [5.41, 5.74) is 8.46. The second-order valence-corrected chi connectivity index (χ2v) is 18.2. The molecule has 0 radical (unpaired) electrons. The van der Waals surface area contributed by atoms with Gasteiger partial charge in [-0.25, -0.2) is 0 Å². The molecule has 5 aliphatic rings. The summed E-state index contributed by atoms with van der Waals surface area (Å²) in [5, 5.41) is 87.5. The predicted molar refractivity (Wildman–Crippen MR) is 246 cm³/mol. The Labute approximate surface area is 388 Å². The largest absolute Gasteiger partial charge is 0.508 e. The van der Waals surface area contributed by atoms with Crippen LogP contribution in [0.15, 0.2) is 146 Å². The van der Waals surface area contributed by atoms with Crippen molar-refractivity contribution in [1.29, 1.82) is 0 Å². The Morgan fingerprint density at radius 2 is 0.574 bits per heavy atom. The number of benzene rings is 8. The lowest BCUT2D eigenvalue weighted by molar-refractivity contribution is 0.213. The maximum absolute atomic E-state index is 11.8. The predicted octanol–water partition coefficient (Wildman–Crippen LogP) is 10.7. The molecule has 0 aromatic heterocycles. The van der Waals surface area contributed by atoms with Crippen LogP contribution in [-0.2, 0) is 0 Å². The summed E-state index contributed by atoms with van der Waals surface area (Å²) in [5.74, 6) is -1.04. The number of phenolic OH excluding ortho intramolecular Hbond substituents is 8. The minimum atomic E-state index is -0.801. The molecule has 1 aliphatic carbocycles. The fraction of sp³-hybridized carbons (Fsp3) is 0.143. The molecule has 12 nitrogen and oxygen atoms in total. The zero-order valence-corrected chi connectivity index (χ0v) is 35.7. The molecule has 0 saturated carbocycles. The van der Waals surface area contributed by atoms with Crippen LogP contribution in [0.4, 0.5) is 0 Å². The minimum absolute atomic E-state index is 0.0394. The van der Waals surface area contributed by atoms with Gasteiger partial charge in [-0.15, -0.1) is 0 Å². The second-order valence-electron chi connectivity index (χ2n) is 18.2. The van der Waals surface area contributed by atoms with Crippen molar-refractivity contribution in [3.05, 3.63) is 212 Å². The van der Waals surface area contributed by atoms with E-state index in [9.17, 15) is 40.9 Å². The molecule has 8 N–H and O–H groups in total. The minimum Gasteiger partial charge on any atom is -0.508 e. The van der Waals surface area contributed by atoms with Gasteiger partial charge in [-0.1, -0.05) is 48.5 Å². The van der Waals surface area contributed by atoms with Gasteiger partial charge in [0.25, 0.3) is 0 Å². The summed E-state index contributed by atoms with van der Waals surface area (Å²) in [4.78, 5) is 0. The van der Waals surface area contributed by atoms with Crippen LogP contribution in [0.2, 0.25) is 0 Å². The Morgan fingerprint density at radius 1 is 0.250 bits per heavy atom. The molecule has 336 valence electrons. The number of phenols is 8. The van der Waals surface area contributed by atoms with E-state index in [1.54, 1.807) is 121 Å². The van der Waals surface area contributed by atoms with Crippen molar-refractivity contribution in [3.63, 3.8) is 0 Å². The SMILES string of the molecule is Oc1ccc(C2Oc3cc4c5c(c3C2c2cc(O)cc(O)c2)OC(c2ccc(O)cc2)C5c2cc(O)cc3c2C(c2cc(O)cc5c2C4C(c2ccc(O)cc2)O5)C(c2ccc(O)cc2)O3)cc1. The van der Waals surface area contributed by atoms with Crippen molar-refractivity contribution in [1.82, 2.24) is 0 Å². The Balaban J connectivity index is 1.17. The van der Waals surface area contributed by atoms with Crippen molar-refractivity contribution >= 4 is 0 Å². The van der Waals surface area contributed by atoms with E-state index >= 15 is 0 Å². The lowest BCUT2D eigenvalue weighted by Crippen LogP contribution is -2.16. The number of ether oxygens (including phenoxy) is 4. The lowest BCUT2D eigenvalue weighted by atomic mass is 9.74. The quantitative estimate of drug-likeness (QED) is 0.0814. The van der Waals surface area contributed by atoms with Crippen molar-refractivity contribution in [2.45, 2.75) is 48.1 Å². The van der Waals surface area contributed by atoms with E-state index in [4.69, 9.17) is 18.9 Å². The van der Waals surface area contributed by atoms with Gasteiger partial charge >= 0.3 is 0 Å². The molecule has 13 rings (SSSR count). The monoisotopic (exact) mass is 904 g/mol. The van der Waals surface area contributed by atoms with Gasteiger partial charge in [0.1, 0.15) is 93.4 Å². The van der Waals surface area contributed by atoms with Crippen LogP contribution < -0.4 is 18.9 Å². The van der Waals surface area contributed by atoms with Crippen LogP contribution in [0, 0.1) is 0 Å². The summed E-state index contributed by atoms with van der Waals surface area (Å²) in [6.07, 6.45) is -3.01. The highest BCUT2D eigenvalue weighted by atomic mass is 16.5. The maximum atomic E-state index is 11.8. The maximum Gasteiger partial charge on any atom is 0.135 e. The third-order valence-corrected chi connectivity index (χ3v) is 14.3. The summed E-state index contributed by atoms with van der Waals surface area (Å²) in [6.45, 7) is 0. The lowest BCUT2D eigenvalue weighted by Gasteiger charge is -2.26. The zero-order chi connectivity index (χ0) is 46.3. The van der Waals surface area contributed by atoms with Gasteiger partial charge in [-0.05, 0) is 123 Å². The first kappa shape index (κ1) is 39.7. The fourth-order valence-corrected chi connectivity index (χ4v) is 11.6. The zero-order valence-electron chi connectivity index (χ0n) is 35.7. The smallest absolute Gasteiger partial charge is 0.135 e. The van der Waals surface area contributed by atoms with Crippen LogP contribution in [0.1, 0.15) is 115 Å². The Morgan fingerprint density at radius 3 is 0.985 bits per heavy atom. The van der Waals surface area contributed by atoms with Crippen molar-refractivity contribution in [2.24, 2.45) is 0 Å². The summed E-state index contributed by atoms with van der Waals surface area (Å²) < 4.78 is 28.6. The molecule has 12 heteroatoms. The molecule has 8 aromatic carbocycles. The standard InChI is InChI=1S/C56H40O12/c57-30-9-1-25(2-10-30)52-44(29-17-34(61)19-35(62)18-29)51-43(67-52)24-40-48-45-38(20-36(63)22-41(45)66-54(48)27-5-13-32(59)14-6-27)47-46-39(49-50(40)56(51)68-55(49)28-7-15-33(60)16-8-28)21-37(64)23-42(46)65-53(47)26-3-11-31(58)12-4-26/h1-24,44,47-49,52-55,57-64H. The third kappa shape index (κ3) is 5.93. The van der Waals surface area contributed by atoms with Gasteiger partial charge in [0.15, 0.2) is 0 Å². The average Bonchev–Trinajstić information content (AvgIpc) is 4.10. The van der Waals surface area contributed by atoms with E-state index in [1.807, 2.05) is 18.2 Å². The average molecular weight is 905 g/mol. The van der Waals surface area contributed by atoms with Crippen LogP contribution in [-0.4, -0.2) is 40.9 Å². The van der Waals surface area contributed by atoms with Gasteiger partial charge in [-0.2, -0.15) is 0 Å². The highest BCUT2D eigenvalue weighted by Gasteiger charge is 2.55. The number of fused-ring (bicyclic) bond motifs is 5. The van der Waals surface area contributed by atoms with Gasteiger partial charge in [0.05, 0.1) is 23.7 Å². The first-order valence-electron chi connectivity index (χ1n) is 22.2. The third-order valence-electron chi connectivity index (χ3n) is 14.3. The van der Waals surface area contributed by atoms with Gasteiger partial charge in [0, 0.05) is 40.5 Å². The topological polar surface area (TPSA) is 199 Å². The van der Waals surface area contributed by atoms with Gasteiger partial charge in [-0.3, -0.25) is 0 Å². The molecule has 4 aliphatic heterocycles. The number of hydrogen-bond acceptors (Lipinski definition) is 12. The highest BCUT2D eigenvalue weighted by Crippen LogP contribution is 2.69. The summed E-state index contributed by atoms with van der Waals surface area (Å²) in [7, 11) is 0. The van der Waals surface area contributed by atoms with Crippen LogP contribution in [0.25, 0.3) is 0 Å². The van der Waals surface area contributed by atoms with Gasteiger partial charge < -0.3 is 59.8 Å². The Bertz CT molecular complexity index is 3350. The molecule has 0 saturated heterocycles. The first-order chi connectivity index (χ1) is 32.9. The van der Waals surface area contributed by atoms with E-state index in [2.05, 4.69) is 0 Å². The number of rotatable bonds is 5. The second kappa shape index (κ2) is 14.4. The summed E-state index contributed by atoms with van der Waals surface area (Å²) in [6, 6.07) is 40.2. The van der Waals surface area contributed by atoms with Crippen LogP contribution in [0.5, 0.6) is 69.0 Å². The molecule has 4 heterocycles. The molecule has 68 heavy (non-hydrogen) atoms. The molecule has 8 unspecified atom stereocenters. The van der Waals surface area contributed by atoms with Gasteiger partial charge in [0.2, 0.25) is 0 Å². The van der Waals surface area contributed by atoms with E-state index in [0.717, 1.165) is 33.4 Å². The number of hydrogen-bond donors (Lipinski definition) is 8. The van der Waals surface area contributed by atoms with E-state index in [-0.39, 0.29) is 46.0 Å². The van der Waals surface area contributed by atoms with Crippen molar-refractivity contribution in [2.75, 3.05) is 0 Å². The van der Waals surface area contributed by atoms with E-state index < -0.39 is 48.1 Å². The Kier molecular flexibility index (Phi) is 8.42.